The Bertz CT molecular complexity index is 367. The molecule has 11 heavy (non-hydrogen) atoms. The van der Waals surface area contributed by atoms with Gasteiger partial charge in [-0.1, -0.05) is 11.3 Å². The molecule has 0 spiro atoms. The van der Waals surface area contributed by atoms with Crippen molar-refractivity contribution in [2.24, 2.45) is 0 Å². The first-order chi connectivity index (χ1) is 5.18. The predicted octanol–water partition coefficient (Wildman–Crippen LogP) is 1.83. The average Bonchev–Trinajstić information content (AvgIpc) is 2.38. The zero-order valence-corrected chi connectivity index (χ0v) is 7.55. The molecule has 2 aromatic rings. The molecule has 0 saturated heterocycles. The SMILES string of the molecule is Cc1nc2c(N)sc(N)c2s1. The molecule has 0 unspecified atom stereocenters. The summed E-state index contributed by atoms with van der Waals surface area (Å²) in [4.78, 5) is 4.26. The van der Waals surface area contributed by atoms with E-state index in [0.717, 1.165) is 25.2 Å². The van der Waals surface area contributed by atoms with E-state index in [1.165, 1.54) is 11.3 Å². The molecule has 3 nitrogen and oxygen atoms in total. The first-order valence-corrected chi connectivity index (χ1v) is 4.72. The predicted molar refractivity (Wildman–Crippen MR) is 51.1 cm³/mol. The maximum Gasteiger partial charge on any atom is 0.118 e. The lowest BCUT2D eigenvalue weighted by Crippen LogP contribution is -1.78. The second-order valence-electron chi connectivity index (χ2n) is 2.24. The number of aryl methyl sites for hydroxylation is 1. The molecule has 0 amide bonds. The molecule has 4 N–H and O–H groups in total. The molecule has 0 atom stereocenters. The zero-order chi connectivity index (χ0) is 8.01. The van der Waals surface area contributed by atoms with Crippen LogP contribution >= 0.6 is 22.7 Å². The van der Waals surface area contributed by atoms with Crippen molar-refractivity contribution in [2.45, 2.75) is 6.92 Å². The third-order valence-electron chi connectivity index (χ3n) is 1.41. The molecule has 2 rings (SSSR count). The molecule has 0 aliphatic heterocycles. The molecule has 0 bridgehead atoms. The van der Waals surface area contributed by atoms with Gasteiger partial charge in [0.1, 0.15) is 15.5 Å². The summed E-state index contributed by atoms with van der Waals surface area (Å²) in [6.45, 7) is 1.95. The number of hydrogen-bond acceptors (Lipinski definition) is 5. The Kier molecular flexibility index (Phi) is 1.30. The monoisotopic (exact) mass is 185 g/mol. The minimum absolute atomic E-state index is 0.724. The van der Waals surface area contributed by atoms with Crippen LogP contribution in [0.5, 0.6) is 0 Å². The highest BCUT2D eigenvalue weighted by Gasteiger charge is 2.10. The van der Waals surface area contributed by atoms with E-state index in [4.69, 9.17) is 11.5 Å². The standard InChI is InChI=1S/C6H7N3S2/c1-2-9-3-4(10-2)6(8)11-5(3)7/h7-8H2,1H3. The Morgan fingerprint density at radius 1 is 1.18 bits per heavy atom. The molecule has 0 radical (unpaired) electrons. The van der Waals surface area contributed by atoms with Gasteiger partial charge in [0.15, 0.2) is 0 Å². The van der Waals surface area contributed by atoms with Gasteiger partial charge in [0, 0.05) is 0 Å². The van der Waals surface area contributed by atoms with Crippen LogP contribution in [0, 0.1) is 6.92 Å². The number of anilines is 2. The van der Waals surface area contributed by atoms with Crippen LogP contribution < -0.4 is 11.5 Å². The maximum absolute atomic E-state index is 5.70. The number of fused-ring (bicyclic) bond motifs is 1. The Morgan fingerprint density at radius 2 is 1.91 bits per heavy atom. The normalized spacial score (nSPS) is 11.0. The summed E-state index contributed by atoms with van der Waals surface area (Å²) < 4.78 is 1.03. The van der Waals surface area contributed by atoms with E-state index >= 15 is 0 Å². The number of rotatable bonds is 0. The molecular formula is C6H7N3S2. The third-order valence-corrected chi connectivity index (χ3v) is 3.38. The third kappa shape index (κ3) is 0.883. The molecular weight excluding hydrogens is 178 g/mol. The number of nitrogen functional groups attached to an aromatic ring is 2. The molecule has 0 fully saturated rings. The van der Waals surface area contributed by atoms with E-state index in [9.17, 15) is 0 Å². The van der Waals surface area contributed by atoms with E-state index in [-0.39, 0.29) is 0 Å². The van der Waals surface area contributed by atoms with Gasteiger partial charge in [-0.05, 0) is 6.92 Å². The fourth-order valence-electron chi connectivity index (χ4n) is 0.974. The largest absolute Gasteiger partial charge is 0.389 e. The number of thiazole rings is 1. The van der Waals surface area contributed by atoms with Crippen molar-refractivity contribution in [1.82, 2.24) is 4.98 Å². The Balaban J connectivity index is 2.92. The fourth-order valence-corrected chi connectivity index (χ4v) is 2.74. The number of nitrogens with zero attached hydrogens (tertiary/aromatic N) is 1. The summed E-state index contributed by atoms with van der Waals surface area (Å²) in [7, 11) is 0. The van der Waals surface area contributed by atoms with Crippen molar-refractivity contribution in [3.05, 3.63) is 5.01 Å². The lowest BCUT2D eigenvalue weighted by Gasteiger charge is -1.79. The highest BCUT2D eigenvalue weighted by molar-refractivity contribution is 7.28. The molecule has 0 aliphatic carbocycles. The Hall–Kier alpha value is -0.810. The van der Waals surface area contributed by atoms with Crippen LogP contribution in [-0.4, -0.2) is 4.98 Å². The van der Waals surface area contributed by atoms with Gasteiger partial charge in [-0.2, -0.15) is 0 Å². The number of thiophene rings is 1. The number of hydrogen-bond donors (Lipinski definition) is 2. The van der Waals surface area contributed by atoms with Crippen molar-refractivity contribution < 1.29 is 0 Å². The van der Waals surface area contributed by atoms with Crippen LogP contribution in [0.1, 0.15) is 5.01 Å². The number of aromatic nitrogens is 1. The van der Waals surface area contributed by atoms with Crippen molar-refractivity contribution in [3.63, 3.8) is 0 Å². The van der Waals surface area contributed by atoms with Crippen LogP contribution in [0.4, 0.5) is 10.0 Å². The van der Waals surface area contributed by atoms with Gasteiger partial charge < -0.3 is 11.5 Å². The summed E-state index contributed by atoms with van der Waals surface area (Å²) in [5.41, 5.74) is 12.2. The summed E-state index contributed by atoms with van der Waals surface area (Å²) >= 11 is 3.00. The smallest absolute Gasteiger partial charge is 0.118 e. The van der Waals surface area contributed by atoms with E-state index in [0.29, 0.717) is 0 Å². The average molecular weight is 185 g/mol. The minimum Gasteiger partial charge on any atom is -0.389 e. The van der Waals surface area contributed by atoms with Crippen molar-refractivity contribution in [2.75, 3.05) is 11.5 Å². The number of nitrogens with two attached hydrogens (primary N) is 2. The van der Waals surface area contributed by atoms with Crippen LogP contribution in [0.2, 0.25) is 0 Å². The van der Waals surface area contributed by atoms with Crippen LogP contribution in [0.3, 0.4) is 0 Å². The maximum atomic E-state index is 5.70. The summed E-state index contributed by atoms with van der Waals surface area (Å²) in [5.74, 6) is 0. The molecule has 0 aliphatic rings. The highest BCUT2D eigenvalue weighted by atomic mass is 32.1. The van der Waals surface area contributed by atoms with Crippen LogP contribution in [-0.2, 0) is 0 Å². The minimum atomic E-state index is 0.724. The Labute approximate surface area is 71.7 Å². The first kappa shape index (κ1) is 6.87. The van der Waals surface area contributed by atoms with Gasteiger partial charge in [0.2, 0.25) is 0 Å². The van der Waals surface area contributed by atoms with E-state index < -0.39 is 0 Å². The van der Waals surface area contributed by atoms with Crippen molar-refractivity contribution in [3.8, 4) is 0 Å². The quantitative estimate of drug-likeness (QED) is 0.658. The molecule has 0 saturated carbocycles. The van der Waals surface area contributed by atoms with Crippen LogP contribution in [0.15, 0.2) is 0 Å². The van der Waals surface area contributed by atoms with Gasteiger partial charge in [-0.3, -0.25) is 0 Å². The molecule has 0 aromatic carbocycles. The molecule has 5 heteroatoms. The van der Waals surface area contributed by atoms with Gasteiger partial charge in [-0.25, -0.2) is 4.98 Å². The highest BCUT2D eigenvalue weighted by Crippen LogP contribution is 2.38. The Morgan fingerprint density at radius 3 is 2.55 bits per heavy atom. The summed E-state index contributed by atoms with van der Waals surface area (Å²) in [5, 5.41) is 2.52. The molecule has 58 valence electrons. The summed E-state index contributed by atoms with van der Waals surface area (Å²) in [6.07, 6.45) is 0. The van der Waals surface area contributed by atoms with E-state index in [1.807, 2.05) is 6.92 Å². The van der Waals surface area contributed by atoms with E-state index in [1.54, 1.807) is 11.3 Å². The van der Waals surface area contributed by atoms with Gasteiger partial charge in [-0.15, -0.1) is 11.3 Å². The summed E-state index contributed by atoms with van der Waals surface area (Å²) in [6, 6.07) is 0. The lowest BCUT2D eigenvalue weighted by atomic mass is 10.5. The van der Waals surface area contributed by atoms with Gasteiger partial charge in [0.05, 0.1) is 9.71 Å². The fraction of sp³-hybridized carbons (Fsp3) is 0.167. The van der Waals surface area contributed by atoms with E-state index in [2.05, 4.69) is 4.98 Å². The lowest BCUT2D eigenvalue weighted by molar-refractivity contribution is 1.35. The topological polar surface area (TPSA) is 64.9 Å². The second kappa shape index (κ2) is 2.09. The van der Waals surface area contributed by atoms with Gasteiger partial charge >= 0.3 is 0 Å². The molecule has 2 aromatic heterocycles. The van der Waals surface area contributed by atoms with Crippen molar-refractivity contribution in [1.29, 1.82) is 0 Å². The second-order valence-corrected chi connectivity index (χ2v) is 4.53. The van der Waals surface area contributed by atoms with Gasteiger partial charge in [0.25, 0.3) is 0 Å². The van der Waals surface area contributed by atoms with Crippen molar-refractivity contribution >= 4 is 42.9 Å². The van der Waals surface area contributed by atoms with Crippen LogP contribution in [0.25, 0.3) is 10.2 Å². The zero-order valence-electron chi connectivity index (χ0n) is 5.92. The molecule has 2 heterocycles. The first-order valence-electron chi connectivity index (χ1n) is 3.09.